The number of nitrogens with zero attached hydrogens (tertiary/aromatic N) is 3. The molecule has 2 rings (SSSR count). The van der Waals surface area contributed by atoms with Gasteiger partial charge in [0.05, 0.1) is 6.61 Å². The van der Waals surface area contributed by atoms with Crippen molar-refractivity contribution in [1.29, 1.82) is 0 Å². The summed E-state index contributed by atoms with van der Waals surface area (Å²) in [7, 11) is 2.20. The number of aliphatic hydroxyl groups is 1. The summed E-state index contributed by atoms with van der Waals surface area (Å²) in [5.41, 5.74) is 0. The van der Waals surface area contributed by atoms with Crippen LogP contribution in [-0.2, 0) is 0 Å². The topological polar surface area (TPSA) is 30.0 Å². The van der Waals surface area contributed by atoms with E-state index in [1.807, 2.05) is 0 Å². The minimum atomic E-state index is 0.307. The molecule has 0 aromatic carbocycles. The molecule has 88 valence electrons. The monoisotopic (exact) mass is 213 g/mol. The second-order valence-corrected chi connectivity index (χ2v) is 4.95. The summed E-state index contributed by atoms with van der Waals surface area (Å²) in [4.78, 5) is 7.32. The maximum Gasteiger partial charge on any atom is 0.0558 e. The third kappa shape index (κ3) is 3.14. The van der Waals surface area contributed by atoms with Gasteiger partial charge in [0.2, 0.25) is 0 Å². The van der Waals surface area contributed by atoms with Crippen LogP contribution in [-0.4, -0.2) is 85.8 Å². The number of likely N-dealkylation sites (tertiary alicyclic amines) is 1. The molecule has 2 aliphatic heterocycles. The average molecular weight is 213 g/mol. The molecular formula is C11H23N3O. The maximum absolute atomic E-state index is 8.78. The van der Waals surface area contributed by atoms with E-state index in [2.05, 4.69) is 21.7 Å². The van der Waals surface area contributed by atoms with Gasteiger partial charge in [-0.15, -0.1) is 0 Å². The van der Waals surface area contributed by atoms with Gasteiger partial charge in [0.25, 0.3) is 0 Å². The molecule has 0 radical (unpaired) electrons. The number of rotatable bonds is 4. The van der Waals surface area contributed by atoms with Crippen LogP contribution in [0, 0.1) is 5.92 Å². The van der Waals surface area contributed by atoms with Gasteiger partial charge < -0.3 is 19.8 Å². The lowest BCUT2D eigenvalue weighted by atomic mass is 9.99. The SMILES string of the molecule is CN1CCN(CC2CN(CCO)C2)CC1. The molecule has 2 aliphatic rings. The van der Waals surface area contributed by atoms with Crippen LogP contribution in [0.25, 0.3) is 0 Å². The Morgan fingerprint density at radius 1 is 1.07 bits per heavy atom. The van der Waals surface area contributed by atoms with Crippen LogP contribution in [0.1, 0.15) is 0 Å². The highest BCUT2D eigenvalue weighted by atomic mass is 16.3. The van der Waals surface area contributed by atoms with Gasteiger partial charge in [-0.05, 0) is 13.0 Å². The Labute approximate surface area is 92.5 Å². The third-order valence-electron chi connectivity index (χ3n) is 3.56. The van der Waals surface area contributed by atoms with Gasteiger partial charge in [-0.25, -0.2) is 0 Å². The molecule has 0 aliphatic carbocycles. The number of β-amino-alcohol motifs (C(OH)–C–C–N with tert-alkyl or cyclic N) is 1. The zero-order valence-corrected chi connectivity index (χ0v) is 9.73. The fourth-order valence-electron chi connectivity index (χ4n) is 2.51. The van der Waals surface area contributed by atoms with Gasteiger partial charge in [0, 0.05) is 52.4 Å². The van der Waals surface area contributed by atoms with Crippen LogP contribution in [0.15, 0.2) is 0 Å². The van der Waals surface area contributed by atoms with Crippen LogP contribution < -0.4 is 0 Å². The first-order chi connectivity index (χ1) is 7.28. The van der Waals surface area contributed by atoms with E-state index in [9.17, 15) is 0 Å². The van der Waals surface area contributed by atoms with Gasteiger partial charge in [0.1, 0.15) is 0 Å². The number of piperazine rings is 1. The van der Waals surface area contributed by atoms with E-state index in [1.165, 1.54) is 45.8 Å². The van der Waals surface area contributed by atoms with Gasteiger partial charge in [-0.2, -0.15) is 0 Å². The van der Waals surface area contributed by atoms with Crippen molar-refractivity contribution in [3.8, 4) is 0 Å². The Morgan fingerprint density at radius 2 is 1.73 bits per heavy atom. The lowest BCUT2D eigenvalue weighted by Gasteiger charge is -2.43. The molecule has 0 unspecified atom stereocenters. The van der Waals surface area contributed by atoms with E-state index < -0.39 is 0 Å². The van der Waals surface area contributed by atoms with Gasteiger partial charge in [-0.3, -0.25) is 0 Å². The first kappa shape index (κ1) is 11.3. The minimum Gasteiger partial charge on any atom is -0.395 e. The van der Waals surface area contributed by atoms with E-state index in [-0.39, 0.29) is 0 Å². The van der Waals surface area contributed by atoms with E-state index in [1.54, 1.807) is 0 Å². The van der Waals surface area contributed by atoms with E-state index in [0.29, 0.717) is 6.61 Å². The summed E-state index contributed by atoms with van der Waals surface area (Å²) >= 11 is 0. The number of aliphatic hydroxyl groups excluding tert-OH is 1. The first-order valence-electron chi connectivity index (χ1n) is 6.02. The summed E-state index contributed by atoms with van der Waals surface area (Å²) in [5, 5.41) is 8.78. The van der Waals surface area contributed by atoms with Gasteiger partial charge in [0.15, 0.2) is 0 Å². The molecule has 0 amide bonds. The van der Waals surface area contributed by atoms with Crippen LogP contribution in [0.3, 0.4) is 0 Å². The van der Waals surface area contributed by atoms with Gasteiger partial charge in [-0.1, -0.05) is 0 Å². The Balaban J connectivity index is 1.59. The molecule has 15 heavy (non-hydrogen) atoms. The van der Waals surface area contributed by atoms with Crippen molar-refractivity contribution in [2.75, 3.05) is 66.0 Å². The van der Waals surface area contributed by atoms with Crippen LogP contribution in [0.2, 0.25) is 0 Å². The summed E-state index contributed by atoms with van der Waals surface area (Å²) in [6.45, 7) is 9.69. The third-order valence-corrected chi connectivity index (χ3v) is 3.56. The molecular weight excluding hydrogens is 190 g/mol. The van der Waals surface area contributed by atoms with Crippen molar-refractivity contribution in [1.82, 2.24) is 14.7 Å². The molecule has 4 heteroatoms. The summed E-state index contributed by atoms with van der Waals surface area (Å²) in [5.74, 6) is 0.847. The molecule has 0 spiro atoms. The zero-order chi connectivity index (χ0) is 10.7. The maximum atomic E-state index is 8.78. The first-order valence-corrected chi connectivity index (χ1v) is 6.02. The Bertz CT molecular complexity index is 186. The van der Waals surface area contributed by atoms with Crippen molar-refractivity contribution >= 4 is 0 Å². The minimum absolute atomic E-state index is 0.307. The van der Waals surface area contributed by atoms with Crippen molar-refractivity contribution in [2.45, 2.75) is 0 Å². The molecule has 0 atom stereocenters. The Hall–Kier alpha value is -0.160. The van der Waals surface area contributed by atoms with Crippen LogP contribution >= 0.6 is 0 Å². The van der Waals surface area contributed by atoms with E-state index in [4.69, 9.17) is 5.11 Å². The normalized spacial score (nSPS) is 26.8. The second-order valence-electron chi connectivity index (χ2n) is 4.95. The smallest absolute Gasteiger partial charge is 0.0558 e. The predicted molar refractivity (Wildman–Crippen MR) is 61.0 cm³/mol. The second kappa shape index (κ2) is 5.25. The summed E-state index contributed by atoms with van der Waals surface area (Å²) < 4.78 is 0. The largest absolute Gasteiger partial charge is 0.395 e. The lowest BCUT2D eigenvalue weighted by Crippen LogP contribution is -2.54. The highest BCUT2D eigenvalue weighted by molar-refractivity contribution is 4.83. The number of hydrogen-bond acceptors (Lipinski definition) is 4. The average Bonchev–Trinajstić information content (AvgIpc) is 2.18. The van der Waals surface area contributed by atoms with Crippen molar-refractivity contribution in [3.05, 3.63) is 0 Å². The van der Waals surface area contributed by atoms with Crippen molar-refractivity contribution < 1.29 is 5.11 Å². The quantitative estimate of drug-likeness (QED) is 0.659. The van der Waals surface area contributed by atoms with Gasteiger partial charge >= 0.3 is 0 Å². The van der Waals surface area contributed by atoms with Crippen LogP contribution in [0.5, 0.6) is 0 Å². The lowest BCUT2D eigenvalue weighted by molar-refractivity contribution is 0.0403. The summed E-state index contributed by atoms with van der Waals surface area (Å²) in [6, 6.07) is 0. The van der Waals surface area contributed by atoms with Crippen molar-refractivity contribution in [2.24, 2.45) is 5.92 Å². The fraction of sp³-hybridized carbons (Fsp3) is 1.00. The molecule has 2 saturated heterocycles. The van der Waals surface area contributed by atoms with Crippen LogP contribution in [0.4, 0.5) is 0 Å². The molecule has 2 heterocycles. The van der Waals surface area contributed by atoms with Crippen molar-refractivity contribution in [3.63, 3.8) is 0 Å². The zero-order valence-electron chi connectivity index (χ0n) is 9.73. The number of hydrogen-bond donors (Lipinski definition) is 1. The predicted octanol–water partition coefficient (Wildman–Crippen LogP) is -0.842. The summed E-state index contributed by atoms with van der Waals surface area (Å²) in [6.07, 6.45) is 0. The molecule has 0 bridgehead atoms. The molecule has 2 fully saturated rings. The number of likely N-dealkylation sites (N-methyl/N-ethyl adjacent to an activating group) is 1. The molecule has 0 aromatic rings. The fourth-order valence-corrected chi connectivity index (χ4v) is 2.51. The molecule has 0 aromatic heterocycles. The van der Waals surface area contributed by atoms with E-state index in [0.717, 1.165) is 12.5 Å². The molecule has 4 nitrogen and oxygen atoms in total. The molecule has 1 N–H and O–H groups in total. The highest BCUT2D eigenvalue weighted by Crippen LogP contribution is 2.16. The Kier molecular flexibility index (Phi) is 3.97. The van der Waals surface area contributed by atoms with E-state index >= 15 is 0 Å². The molecule has 0 saturated carbocycles. The highest BCUT2D eigenvalue weighted by Gasteiger charge is 2.28. The standard InChI is InChI=1S/C11H23N3O/c1-12-2-4-13(5-3-12)8-11-9-14(10-11)6-7-15/h11,15H,2-10H2,1H3. The Morgan fingerprint density at radius 3 is 2.33 bits per heavy atom.